The molecular weight excluding hydrogens is 467 g/mol. The van der Waals surface area contributed by atoms with Crippen molar-refractivity contribution >= 4 is 23.3 Å². The van der Waals surface area contributed by atoms with Crippen LogP contribution < -0.4 is 5.32 Å². The van der Waals surface area contributed by atoms with E-state index in [4.69, 9.17) is 11.6 Å². The van der Waals surface area contributed by atoms with Gasteiger partial charge in [-0.25, -0.2) is 15.0 Å². The fourth-order valence-electron chi connectivity index (χ4n) is 5.05. The third kappa shape index (κ3) is 3.98. The van der Waals surface area contributed by atoms with Gasteiger partial charge in [0.1, 0.15) is 5.82 Å². The fourth-order valence-corrected chi connectivity index (χ4v) is 5.27. The zero-order valence-corrected chi connectivity index (χ0v) is 18.9. The number of aryl methyl sites for hydroxylation is 1. The zero-order valence-electron chi connectivity index (χ0n) is 18.2. The first kappa shape index (κ1) is 22.6. The summed E-state index contributed by atoms with van der Waals surface area (Å²) >= 11 is 6.10. The van der Waals surface area contributed by atoms with Gasteiger partial charge in [0, 0.05) is 36.2 Å². The zero-order chi connectivity index (χ0) is 24.0. The number of carbonyl (C=O) groups is 1. The highest BCUT2D eigenvalue weighted by molar-refractivity contribution is 6.33. The quantitative estimate of drug-likeness (QED) is 0.535. The van der Waals surface area contributed by atoms with Crippen molar-refractivity contribution in [3.05, 3.63) is 70.6 Å². The molecule has 0 aliphatic carbocycles. The first-order valence-electron chi connectivity index (χ1n) is 10.9. The van der Waals surface area contributed by atoms with Gasteiger partial charge in [-0.1, -0.05) is 23.7 Å². The second-order valence-electron chi connectivity index (χ2n) is 8.62. The molecule has 2 saturated heterocycles. The number of nitrogens with one attached hydrogen (secondary N) is 1. The number of pyridine rings is 1. The number of benzene rings is 1. The number of carbonyl (C=O) groups excluding carboxylic acids is 1. The Hall–Kier alpha value is -3.20. The minimum absolute atomic E-state index is 0.0216. The molecule has 0 saturated carbocycles. The van der Waals surface area contributed by atoms with E-state index >= 15 is 0 Å². The van der Waals surface area contributed by atoms with Crippen LogP contribution in [0.5, 0.6) is 0 Å². The number of amides is 1. The van der Waals surface area contributed by atoms with Crippen molar-refractivity contribution in [3.8, 4) is 11.4 Å². The highest BCUT2D eigenvalue weighted by atomic mass is 35.5. The Balaban J connectivity index is 1.41. The van der Waals surface area contributed by atoms with E-state index in [0.717, 1.165) is 30.7 Å². The molecule has 6 nitrogen and oxygen atoms in total. The van der Waals surface area contributed by atoms with E-state index in [0.29, 0.717) is 23.4 Å². The minimum Gasteiger partial charge on any atom is -0.364 e. The predicted molar refractivity (Wildman–Crippen MR) is 121 cm³/mol. The molecule has 4 heterocycles. The number of alkyl halides is 3. The molecular formula is C24H21ClF3N5O. The van der Waals surface area contributed by atoms with Gasteiger partial charge >= 0.3 is 6.18 Å². The van der Waals surface area contributed by atoms with Crippen LogP contribution in [0.1, 0.15) is 40.7 Å². The molecule has 2 aliphatic rings. The molecule has 10 heteroatoms. The number of fused-ring (bicyclic) bond motifs is 2. The van der Waals surface area contributed by atoms with Crippen LogP contribution in [-0.2, 0) is 6.18 Å². The molecule has 2 fully saturated rings. The highest BCUT2D eigenvalue weighted by Crippen LogP contribution is 2.42. The van der Waals surface area contributed by atoms with E-state index in [1.54, 1.807) is 24.5 Å². The summed E-state index contributed by atoms with van der Waals surface area (Å²) in [7, 11) is 0. The van der Waals surface area contributed by atoms with Gasteiger partial charge < -0.3 is 10.2 Å². The Labute approximate surface area is 199 Å². The van der Waals surface area contributed by atoms with Gasteiger partial charge in [-0.3, -0.25) is 4.79 Å². The van der Waals surface area contributed by atoms with Crippen molar-refractivity contribution in [2.75, 3.05) is 5.32 Å². The summed E-state index contributed by atoms with van der Waals surface area (Å²) in [5, 5.41) is 3.08. The Morgan fingerprint density at radius 1 is 1.15 bits per heavy atom. The summed E-state index contributed by atoms with van der Waals surface area (Å²) in [4.78, 5) is 28.2. The second kappa shape index (κ2) is 8.54. The van der Waals surface area contributed by atoms with Crippen LogP contribution in [0.25, 0.3) is 11.4 Å². The van der Waals surface area contributed by atoms with Crippen molar-refractivity contribution in [1.29, 1.82) is 0 Å². The lowest BCUT2D eigenvalue weighted by Crippen LogP contribution is -2.40. The number of halogens is 4. The molecule has 1 amide bonds. The van der Waals surface area contributed by atoms with Crippen LogP contribution in [0.2, 0.25) is 5.02 Å². The van der Waals surface area contributed by atoms with Gasteiger partial charge in [0.15, 0.2) is 5.82 Å². The Morgan fingerprint density at radius 2 is 1.91 bits per heavy atom. The number of hydrogen-bond acceptors (Lipinski definition) is 5. The molecule has 2 aliphatic heterocycles. The maximum Gasteiger partial charge on any atom is 0.417 e. The van der Waals surface area contributed by atoms with E-state index in [1.807, 2.05) is 24.0 Å². The average Bonchev–Trinajstić information content (AvgIpc) is 3.37. The van der Waals surface area contributed by atoms with Crippen LogP contribution in [0.4, 0.5) is 19.0 Å². The Kier molecular flexibility index (Phi) is 5.67. The number of aromatic nitrogens is 3. The summed E-state index contributed by atoms with van der Waals surface area (Å²) < 4.78 is 38.8. The SMILES string of the molecule is Cc1cccc(C(=O)N2C3CCC2C(Nc2ncc(C(F)(F)F)cc2Cl)C3)c1-c1ncccn1. The molecule has 34 heavy (non-hydrogen) atoms. The smallest absolute Gasteiger partial charge is 0.364 e. The first-order valence-corrected chi connectivity index (χ1v) is 11.3. The van der Waals surface area contributed by atoms with Gasteiger partial charge in [-0.05, 0) is 49.9 Å². The summed E-state index contributed by atoms with van der Waals surface area (Å²) in [6.45, 7) is 1.92. The second-order valence-corrected chi connectivity index (χ2v) is 9.03. The highest BCUT2D eigenvalue weighted by Gasteiger charge is 2.49. The third-order valence-electron chi connectivity index (χ3n) is 6.55. The van der Waals surface area contributed by atoms with Crippen LogP contribution in [0, 0.1) is 6.92 Å². The van der Waals surface area contributed by atoms with E-state index in [1.165, 1.54) is 0 Å². The van der Waals surface area contributed by atoms with Gasteiger partial charge in [0.25, 0.3) is 5.91 Å². The maximum atomic E-state index is 13.8. The van der Waals surface area contributed by atoms with Gasteiger partial charge in [-0.2, -0.15) is 13.2 Å². The monoisotopic (exact) mass is 487 g/mol. The van der Waals surface area contributed by atoms with Crippen molar-refractivity contribution in [3.63, 3.8) is 0 Å². The maximum absolute atomic E-state index is 13.8. The average molecular weight is 488 g/mol. The minimum atomic E-state index is -4.52. The first-order chi connectivity index (χ1) is 16.2. The van der Waals surface area contributed by atoms with Crippen molar-refractivity contribution < 1.29 is 18.0 Å². The topological polar surface area (TPSA) is 71.0 Å². The largest absolute Gasteiger partial charge is 0.417 e. The molecule has 3 atom stereocenters. The molecule has 0 radical (unpaired) electrons. The van der Waals surface area contributed by atoms with Gasteiger partial charge in [-0.15, -0.1) is 0 Å². The van der Waals surface area contributed by atoms with Crippen molar-refractivity contribution in [2.45, 2.75) is 50.5 Å². The van der Waals surface area contributed by atoms with E-state index in [9.17, 15) is 18.0 Å². The lowest BCUT2D eigenvalue weighted by atomic mass is 9.95. The number of nitrogens with zero attached hydrogens (tertiary/aromatic N) is 4. The van der Waals surface area contributed by atoms with E-state index < -0.39 is 11.7 Å². The lowest BCUT2D eigenvalue weighted by Gasteiger charge is -2.26. The number of anilines is 1. The standard InChI is InChI=1S/C24H21ClF3N5O/c1-13-4-2-5-16(20(13)22-29-8-3-9-30-22)23(34)33-15-6-7-19(33)18(11-15)32-21-17(25)10-14(12-31-21)24(26,27)28/h2-5,8-10,12,15,18-19H,6-7,11H2,1H3,(H,31,32). The molecule has 2 aromatic heterocycles. The molecule has 3 unspecified atom stereocenters. The van der Waals surface area contributed by atoms with Crippen LogP contribution in [-0.4, -0.2) is 43.9 Å². The number of hydrogen-bond donors (Lipinski definition) is 1. The Bertz CT molecular complexity index is 1240. The lowest BCUT2D eigenvalue weighted by molar-refractivity contribution is -0.137. The molecule has 5 rings (SSSR count). The van der Waals surface area contributed by atoms with Crippen LogP contribution in [0.15, 0.2) is 48.9 Å². The fraction of sp³-hybridized carbons (Fsp3) is 0.333. The predicted octanol–water partition coefficient (Wildman–Crippen LogP) is 5.38. The van der Waals surface area contributed by atoms with Crippen LogP contribution in [0.3, 0.4) is 0 Å². The van der Waals surface area contributed by atoms with Crippen molar-refractivity contribution in [1.82, 2.24) is 19.9 Å². The van der Waals surface area contributed by atoms with Gasteiger partial charge in [0.2, 0.25) is 0 Å². The molecule has 1 aromatic carbocycles. The van der Waals surface area contributed by atoms with E-state index in [2.05, 4.69) is 20.3 Å². The van der Waals surface area contributed by atoms with Crippen LogP contribution >= 0.6 is 11.6 Å². The summed E-state index contributed by atoms with van der Waals surface area (Å²) in [5.41, 5.74) is 1.24. The van der Waals surface area contributed by atoms with E-state index in [-0.39, 0.29) is 34.9 Å². The molecule has 176 valence electrons. The normalized spacial score (nSPS) is 21.7. The molecule has 3 aromatic rings. The van der Waals surface area contributed by atoms with Gasteiger partial charge in [0.05, 0.1) is 22.2 Å². The molecule has 0 spiro atoms. The molecule has 2 bridgehead atoms. The van der Waals surface area contributed by atoms with Crippen molar-refractivity contribution in [2.24, 2.45) is 0 Å². The summed E-state index contributed by atoms with van der Waals surface area (Å²) in [6.07, 6.45) is 1.86. The third-order valence-corrected chi connectivity index (χ3v) is 6.84. The summed E-state index contributed by atoms with van der Waals surface area (Å²) in [5.74, 6) is 0.578. The Morgan fingerprint density at radius 3 is 2.62 bits per heavy atom. The summed E-state index contributed by atoms with van der Waals surface area (Å²) in [6, 6.07) is 7.88. The number of rotatable bonds is 4. The molecule has 1 N–H and O–H groups in total.